The summed E-state index contributed by atoms with van der Waals surface area (Å²) in [4.78, 5) is 17.7. The Bertz CT molecular complexity index is 3170. The van der Waals surface area contributed by atoms with Crippen molar-refractivity contribution < 1.29 is 33.9 Å². The van der Waals surface area contributed by atoms with Crippen LogP contribution in [0, 0.1) is 20.8 Å². The Kier molecular flexibility index (Phi) is 22.4. The summed E-state index contributed by atoms with van der Waals surface area (Å²) in [5.41, 5.74) is 38.9. The van der Waals surface area contributed by atoms with E-state index in [2.05, 4.69) is 71.2 Å². The van der Waals surface area contributed by atoms with Gasteiger partial charge in [0.15, 0.2) is 0 Å². The predicted octanol–water partition coefficient (Wildman–Crippen LogP) is 9.50. The summed E-state index contributed by atoms with van der Waals surface area (Å²) >= 11 is 0. The van der Waals surface area contributed by atoms with Crippen LogP contribution in [-0.2, 0) is 30.5 Å². The average molecular weight is 1130 g/mol. The van der Waals surface area contributed by atoms with Crippen LogP contribution in [0.4, 0.5) is 22.7 Å². The number of H-pyrrole nitrogens is 3. The van der Waals surface area contributed by atoms with E-state index in [0.29, 0.717) is 24.6 Å². The van der Waals surface area contributed by atoms with Gasteiger partial charge in [-0.15, -0.1) is 0 Å². The van der Waals surface area contributed by atoms with Crippen LogP contribution in [0.2, 0.25) is 0 Å². The van der Waals surface area contributed by atoms with Gasteiger partial charge in [-0.05, 0) is 163 Å². The molecular weight excluding hydrogens is 1030 g/mol. The smallest absolute Gasteiger partial charge is 0.143 e. The lowest BCUT2D eigenvalue weighted by Gasteiger charge is -2.26. The molecule has 3 aliphatic heterocycles. The monoisotopic (exact) mass is 1130 g/mol. The Hall–Kier alpha value is -6.80. The van der Waals surface area contributed by atoms with E-state index in [0.717, 1.165) is 156 Å². The van der Waals surface area contributed by atoms with Gasteiger partial charge in [0.1, 0.15) is 49.4 Å². The number of aromatic amines is 3. The van der Waals surface area contributed by atoms with E-state index in [1.807, 2.05) is 53.2 Å². The Morgan fingerprint density at radius 1 is 0.451 bits per heavy atom. The van der Waals surface area contributed by atoms with E-state index in [9.17, 15) is 0 Å². The van der Waals surface area contributed by atoms with Crippen molar-refractivity contribution in [1.29, 1.82) is 0 Å². The maximum Gasteiger partial charge on any atom is 0.143 e. The number of likely N-dealkylation sites (tertiary alicyclic amines) is 2. The lowest BCUT2D eigenvalue weighted by Crippen LogP contribution is -2.38. The molecule has 82 heavy (non-hydrogen) atoms. The molecule has 8 aromatic rings. The Morgan fingerprint density at radius 2 is 0.829 bits per heavy atom. The molecule has 0 aliphatic carbocycles. The van der Waals surface area contributed by atoms with Crippen molar-refractivity contribution in [2.75, 3.05) is 135 Å². The van der Waals surface area contributed by atoms with Crippen LogP contribution < -0.4 is 41.9 Å². The number of hydrogen-bond donors (Lipinski definition) is 9. The molecule has 3 fully saturated rings. The highest BCUT2D eigenvalue weighted by Gasteiger charge is 2.19. The van der Waals surface area contributed by atoms with E-state index in [4.69, 9.17) is 56.8 Å². The third kappa shape index (κ3) is 14.9. The molecule has 4 aromatic heterocycles. The number of piperidine rings is 1. The second-order valence-electron chi connectivity index (χ2n) is 21.6. The van der Waals surface area contributed by atoms with E-state index in [1.165, 1.54) is 92.1 Å². The molecule has 0 saturated carbocycles. The van der Waals surface area contributed by atoms with E-state index >= 15 is 0 Å². The molecule has 0 atom stereocenters. The molecule has 0 radical (unpaired) electrons. The summed E-state index contributed by atoms with van der Waals surface area (Å²) in [5, 5.41) is 22.1. The first-order valence-electron chi connectivity index (χ1n) is 29.9. The quantitative estimate of drug-likeness (QED) is 0.0323. The highest BCUT2D eigenvalue weighted by atomic mass is 16.5. The van der Waals surface area contributed by atoms with Crippen LogP contribution in [0.3, 0.4) is 0 Å². The molecule has 0 bridgehead atoms. The number of hydrogen-bond acceptors (Lipinski definition) is 14. The maximum atomic E-state index is 9.00. The summed E-state index contributed by atoms with van der Waals surface area (Å²) < 4.78 is 30.8. The van der Waals surface area contributed by atoms with Gasteiger partial charge in [-0.1, -0.05) is 27.2 Å². The molecule has 3 aliphatic rings. The standard InChI is InChI=1S/C18H27N3O.C17H25N3O2.C17H25N3O.C12H16N2O3/c1-3-14-13(2)20-18-16(8-7-15(19)17(14)18)22-12-11-21-9-5-4-6-10-21;1-3-13-12(2)19-17-15(5-4-14(18)16(13)17)22-11-8-20-6-9-21-10-7-20;1-3-13-12(2)19-17-15(7-6-14(18)16(13)17)21-11-10-20-8-4-5-9-20;13-10-1-2-11(17-8-7-16)12-9(10)3-4-14(12)5-6-15/h7-8,20H,3-6,9-12,19H2,1-2H3;4-5,19H,3,6-11,18H2,1-2H3;6-7,19H,3-5,8-11,18H2,1-2H3;1-4,15-16H,5-8,13H2. The summed E-state index contributed by atoms with van der Waals surface area (Å²) in [6, 6.07) is 17.3. The zero-order valence-electron chi connectivity index (χ0n) is 49.7. The highest BCUT2D eigenvalue weighted by Crippen LogP contribution is 2.38. The minimum Gasteiger partial charge on any atom is -0.490 e. The number of benzene rings is 4. The molecule has 18 heteroatoms. The lowest BCUT2D eigenvalue weighted by molar-refractivity contribution is 0.0323. The van der Waals surface area contributed by atoms with Crippen LogP contribution in [-0.4, -0.2) is 156 Å². The molecule has 0 unspecified atom stereocenters. The van der Waals surface area contributed by atoms with E-state index in [-0.39, 0.29) is 19.8 Å². The SMILES string of the molecule is CCc1c(C)[nH]c2c(OCCN3CCCC3)ccc(N)c12.CCc1c(C)[nH]c2c(OCCN3CCCCC3)ccc(N)c12.CCc1c(C)[nH]c2c(OCCN3CCOCC3)ccc(N)c12.Nc1ccc(OCCO)c2c1ccn2CCO. The van der Waals surface area contributed by atoms with Gasteiger partial charge >= 0.3 is 0 Å². The summed E-state index contributed by atoms with van der Waals surface area (Å²) in [7, 11) is 0. The second-order valence-corrected chi connectivity index (χ2v) is 21.6. The van der Waals surface area contributed by atoms with Crippen molar-refractivity contribution >= 4 is 66.4 Å². The number of nitrogens with one attached hydrogen (secondary N) is 3. The number of aromatic nitrogens is 4. The number of anilines is 4. The van der Waals surface area contributed by atoms with E-state index in [1.54, 1.807) is 12.1 Å². The van der Waals surface area contributed by atoms with Crippen LogP contribution in [0.1, 0.15) is 86.6 Å². The van der Waals surface area contributed by atoms with Gasteiger partial charge in [0, 0.05) is 107 Å². The zero-order valence-corrected chi connectivity index (χ0v) is 49.7. The first-order chi connectivity index (χ1) is 39.9. The van der Waals surface area contributed by atoms with Crippen LogP contribution >= 0.6 is 0 Å². The summed E-state index contributed by atoms with van der Waals surface area (Å²) in [5.74, 6) is 3.40. The molecule has 0 amide bonds. The third-order valence-corrected chi connectivity index (χ3v) is 16.2. The van der Waals surface area contributed by atoms with Gasteiger partial charge in [0.2, 0.25) is 0 Å². The highest BCUT2D eigenvalue weighted by molar-refractivity contribution is 6.00. The van der Waals surface area contributed by atoms with Crippen molar-refractivity contribution in [3.63, 3.8) is 0 Å². The minimum absolute atomic E-state index is 0.0351. The van der Waals surface area contributed by atoms with Crippen molar-refractivity contribution in [3.05, 3.63) is 94.6 Å². The molecule has 11 rings (SSSR count). The summed E-state index contributed by atoms with van der Waals surface area (Å²) in [6.45, 7) is 27.1. The number of aliphatic hydroxyl groups is 2. The third-order valence-electron chi connectivity index (χ3n) is 16.2. The topological polar surface area (TPSA) is 253 Å². The molecular formula is C64H93N11O7. The Balaban J connectivity index is 0.000000144. The molecule has 7 heterocycles. The predicted molar refractivity (Wildman–Crippen MR) is 336 cm³/mol. The lowest BCUT2D eigenvalue weighted by atomic mass is 10.1. The number of ether oxygens (including phenoxy) is 5. The number of nitrogen functional groups attached to an aromatic ring is 4. The first-order valence-corrected chi connectivity index (χ1v) is 29.9. The number of morpholine rings is 1. The van der Waals surface area contributed by atoms with Gasteiger partial charge in [-0.2, -0.15) is 0 Å². The van der Waals surface area contributed by atoms with E-state index < -0.39 is 0 Å². The molecule has 0 spiro atoms. The van der Waals surface area contributed by atoms with Crippen molar-refractivity contribution in [3.8, 4) is 23.0 Å². The van der Waals surface area contributed by atoms with Crippen molar-refractivity contribution in [1.82, 2.24) is 34.2 Å². The average Bonchev–Trinajstić information content (AvgIpc) is 4.19. The van der Waals surface area contributed by atoms with Gasteiger partial charge in [-0.3, -0.25) is 14.7 Å². The normalized spacial score (nSPS) is 15.1. The van der Waals surface area contributed by atoms with Crippen LogP contribution in [0.25, 0.3) is 43.6 Å². The minimum atomic E-state index is -0.0351. The van der Waals surface area contributed by atoms with Crippen molar-refractivity contribution in [2.24, 2.45) is 0 Å². The maximum absolute atomic E-state index is 9.00. The number of aryl methyl sites for hydroxylation is 6. The van der Waals surface area contributed by atoms with Crippen molar-refractivity contribution in [2.45, 2.75) is 99.5 Å². The van der Waals surface area contributed by atoms with Crippen LogP contribution in [0.15, 0.2) is 60.8 Å². The van der Waals surface area contributed by atoms with Gasteiger partial charge < -0.3 is 76.4 Å². The second kappa shape index (κ2) is 30.0. The van der Waals surface area contributed by atoms with Crippen LogP contribution in [0.5, 0.6) is 23.0 Å². The molecule has 13 N–H and O–H groups in total. The molecule has 18 nitrogen and oxygen atoms in total. The van der Waals surface area contributed by atoms with Gasteiger partial charge in [0.05, 0.1) is 48.5 Å². The number of rotatable bonds is 20. The number of aliphatic hydroxyl groups excluding tert-OH is 2. The first kappa shape index (κ1) is 61.3. The Morgan fingerprint density at radius 3 is 1.23 bits per heavy atom. The fourth-order valence-corrected chi connectivity index (χ4v) is 11.9. The molecule has 4 aromatic carbocycles. The largest absolute Gasteiger partial charge is 0.490 e. The van der Waals surface area contributed by atoms with Gasteiger partial charge in [0.25, 0.3) is 0 Å². The molecule has 446 valence electrons. The fraction of sp³-hybridized carbons (Fsp3) is 0.500. The summed E-state index contributed by atoms with van der Waals surface area (Å²) in [6.07, 6.45) is 11.4. The number of nitrogens with zero attached hydrogens (tertiary/aromatic N) is 4. The zero-order chi connectivity index (χ0) is 58.1. The molecule has 3 saturated heterocycles. The number of fused-ring (bicyclic) bond motifs is 4. The fourth-order valence-electron chi connectivity index (χ4n) is 11.9. The number of nitrogens with two attached hydrogens (primary N) is 4. The Labute approximate surface area is 484 Å². The van der Waals surface area contributed by atoms with Gasteiger partial charge in [-0.25, -0.2) is 0 Å².